The molecule has 3 rings (SSSR count). The van der Waals surface area contributed by atoms with E-state index in [9.17, 15) is 14.4 Å². The molecule has 3 amide bonds. The van der Waals surface area contributed by atoms with Gasteiger partial charge in [0.05, 0.1) is 16.1 Å². The first kappa shape index (κ1) is 13.6. The molecule has 0 radical (unpaired) electrons. The minimum absolute atomic E-state index is 0.120. The molecule has 0 bridgehead atoms. The van der Waals surface area contributed by atoms with Gasteiger partial charge in [0.15, 0.2) is 0 Å². The van der Waals surface area contributed by atoms with Gasteiger partial charge in [-0.2, -0.15) is 5.26 Å². The van der Waals surface area contributed by atoms with Crippen molar-refractivity contribution in [2.24, 2.45) is 0 Å². The van der Waals surface area contributed by atoms with Crippen LogP contribution in [0.5, 0.6) is 0 Å². The van der Waals surface area contributed by atoms with E-state index >= 15 is 0 Å². The number of carbonyl (C=O) groups excluding carboxylic acids is 3. The van der Waals surface area contributed by atoms with Gasteiger partial charge in [0, 0.05) is 13.0 Å². The number of amides is 3. The van der Waals surface area contributed by atoms with Crippen molar-refractivity contribution in [2.45, 2.75) is 25.4 Å². The SMILES string of the molecule is N#Cc1ccc2c(c1Cl)C(=O)N(C1CCC(=O)NC1=O)C2. The van der Waals surface area contributed by atoms with E-state index in [4.69, 9.17) is 16.9 Å². The first-order chi connectivity index (χ1) is 10.0. The highest BCUT2D eigenvalue weighted by Crippen LogP contribution is 2.33. The average Bonchev–Trinajstić information content (AvgIpc) is 2.77. The van der Waals surface area contributed by atoms with E-state index in [1.54, 1.807) is 12.1 Å². The predicted molar refractivity (Wildman–Crippen MR) is 72.2 cm³/mol. The number of halogens is 1. The van der Waals surface area contributed by atoms with Crippen molar-refractivity contribution in [2.75, 3.05) is 0 Å². The standard InChI is InChI=1S/C14H10ClN3O3/c15-12-7(5-16)1-2-8-6-18(14(21)11(8)12)9-3-4-10(19)17-13(9)20/h1-2,9H,3-4,6H2,(H,17,19,20). The molecule has 0 saturated carbocycles. The molecule has 1 fully saturated rings. The van der Waals surface area contributed by atoms with Crippen molar-refractivity contribution >= 4 is 29.3 Å². The molecule has 0 aromatic heterocycles. The van der Waals surface area contributed by atoms with Crippen molar-refractivity contribution < 1.29 is 14.4 Å². The van der Waals surface area contributed by atoms with Gasteiger partial charge < -0.3 is 4.90 Å². The van der Waals surface area contributed by atoms with Crippen LogP contribution in [0, 0.1) is 11.3 Å². The molecule has 1 aromatic rings. The van der Waals surface area contributed by atoms with E-state index in [1.165, 1.54) is 4.90 Å². The molecular formula is C14H10ClN3O3. The van der Waals surface area contributed by atoms with Crippen molar-refractivity contribution in [3.8, 4) is 6.07 Å². The van der Waals surface area contributed by atoms with Crippen LogP contribution >= 0.6 is 11.6 Å². The van der Waals surface area contributed by atoms with Crippen LogP contribution in [0.15, 0.2) is 12.1 Å². The summed E-state index contributed by atoms with van der Waals surface area (Å²) in [6, 6.07) is 4.48. The van der Waals surface area contributed by atoms with E-state index in [2.05, 4.69) is 5.32 Å². The highest BCUT2D eigenvalue weighted by atomic mass is 35.5. The number of nitrogens with one attached hydrogen (secondary N) is 1. The van der Waals surface area contributed by atoms with Crippen molar-refractivity contribution in [1.29, 1.82) is 5.26 Å². The summed E-state index contributed by atoms with van der Waals surface area (Å²) in [6.45, 7) is 0.256. The molecule has 1 N–H and O–H groups in total. The van der Waals surface area contributed by atoms with Gasteiger partial charge >= 0.3 is 0 Å². The Morgan fingerprint density at radius 3 is 2.76 bits per heavy atom. The smallest absolute Gasteiger partial charge is 0.256 e. The summed E-state index contributed by atoms with van der Waals surface area (Å²) in [4.78, 5) is 36.9. The summed E-state index contributed by atoms with van der Waals surface area (Å²) in [6.07, 6.45) is 0.501. The summed E-state index contributed by atoms with van der Waals surface area (Å²) in [5.74, 6) is -1.17. The first-order valence-corrected chi connectivity index (χ1v) is 6.77. The van der Waals surface area contributed by atoms with Gasteiger partial charge in [-0.25, -0.2) is 0 Å². The summed E-state index contributed by atoms with van der Waals surface area (Å²) < 4.78 is 0. The molecule has 0 aliphatic carbocycles. The van der Waals surface area contributed by atoms with Crippen molar-refractivity contribution in [3.05, 3.63) is 33.8 Å². The third-order valence-corrected chi connectivity index (χ3v) is 4.14. The maximum atomic E-state index is 12.5. The number of rotatable bonds is 1. The van der Waals surface area contributed by atoms with Gasteiger partial charge in [0.1, 0.15) is 12.1 Å². The van der Waals surface area contributed by atoms with E-state index in [-0.39, 0.29) is 40.9 Å². The van der Waals surface area contributed by atoms with Crippen LogP contribution in [0.4, 0.5) is 0 Å². The van der Waals surface area contributed by atoms with Gasteiger partial charge in [0.25, 0.3) is 5.91 Å². The summed E-state index contributed by atoms with van der Waals surface area (Å²) in [5, 5.41) is 11.3. The second kappa shape index (κ2) is 4.86. The van der Waals surface area contributed by atoms with Crippen molar-refractivity contribution in [1.82, 2.24) is 10.2 Å². The largest absolute Gasteiger partial charge is 0.322 e. The molecule has 7 heteroatoms. The molecule has 1 unspecified atom stereocenters. The Bertz CT molecular complexity index is 723. The fourth-order valence-electron chi connectivity index (χ4n) is 2.70. The molecule has 1 aromatic carbocycles. The van der Waals surface area contributed by atoms with Crippen LogP contribution in [0.2, 0.25) is 5.02 Å². The highest BCUT2D eigenvalue weighted by molar-refractivity contribution is 6.35. The molecule has 1 atom stereocenters. The summed E-state index contributed by atoms with van der Waals surface area (Å²) >= 11 is 6.09. The van der Waals surface area contributed by atoms with Crippen molar-refractivity contribution in [3.63, 3.8) is 0 Å². The Morgan fingerprint density at radius 1 is 1.33 bits per heavy atom. The lowest BCUT2D eigenvalue weighted by Gasteiger charge is -2.29. The Balaban J connectivity index is 1.94. The number of nitrogens with zero attached hydrogens (tertiary/aromatic N) is 2. The number of hydrogen-bond acceptors (Lipinski definition) is 4. The van der Waals surface area contributed by atoms with E-state index in [0.717, 1.165) is 0 Å². The summed E-state index contributed by atoms with van der Waals surface area (Å²) in [7, 11) is 0. The maximum absolute atomic E-state index is 12.5. The molecule has 106 valence electrons. The third-order valence-electron chi connectivity index (χ3n) is 3.75. The number of carbonyl (C=O) groups is 3. The Labute approximate surface area is 125 Å². The number of imide groups is 1. The number of piperidine rings is 1. The predicted octanol–water partition coefficient (Wildman–Crippen LogP) is 0.973. The van der Waals surface area contributed by atoms with Gasteiger partial charge in [-0.1, -0.05) is 17.7 Å². The third kappa shape index (κ3) is 2.06. The van der Waals surface area contributed by atoms with E-state index in [1.807, 2.05) is 6.07 Å². The molecule has 1 saturated heterocycles. The van der Waals surface area contributed by atoms with E-state index < -0.39 is 11.9 Å². The minimum atomic E-state index is -0.677. The fraction of sp³-hybridized carbons (Fsp3) is 0.286. The fourth-order valence-corrected chi connectivity index (χ4v) is 3.00. The van der Waals surface area contributed by atoms with Crippen LogP contribution in [-0.4, -0.2) is 28.7 Å². The minimum Gasteiger partial charge on any atom is -0.322 e. The van der Waals surface area contributed by atoms with Crippen LogP contribution in [0.3, 0.4) is 0 Å². The zero-order valence-corrected chi connectivity index (χ0v) is 11.6. The second-order valence-corrected chi connectivity index (χ2v) is 5.35. The van der Waals surface area contributed by atoms with E-state index in [0.29, 0.717) is 12.0 Å². The van der Waals surface area contributed by atoms with Crippen LogP contribution in [-0.2, 0) is 16.1 Å². The Morgan fingerprint density at radius 2 is 2.10 bits per heavy atom. The van der Waals surface area contributed by atoms with Gasteiger partial charge in [-0.15, -0.1) is 0 Å². The number of fused-ring (bicyclic) bond motifs is 1. The lowest BCUT2D eigenvalue weighted by atomic mass is 10.0. The number of benzene rings is 1. The quantitative estimate of drug-likeness (QED) is 0.783. The van der Waals surface area contributed by atoms with Crippen LogP contribution < -0.4 is 5.32 Å². The highest BCUT2D eigenvalue weighted by Gasteiger charge is 2.40. The lowest BCUT2D eigenvalue weighted by molar-refractivity contribution is -0.136. The molecule has 0 spiro atoms. The molecule has 2 aliphatic rings. The molecule has 2 aliphatic heterocycles. The van der Waals surface area contributed by atoms with Crippen LogP contribution in [0.1, 0.15) is 34.3 Å². The molecule has 2 heterocycles. The van der Waals surface area contributed by atoms with Gasteiger partial charge in [-0.3, -0.25) is 19.7 Å². The number of hydrogen-bond donors (Lipinski definition) is 1. The van der Waals surface area contributed by atoms with Crippen LogP contribution in [0.25, 0.3) is 0 Å². The van der Waals surface area contributed by atoms with Gasteiger partial charge in [-0.05, 0) is 18.1 Å². The molecular weight excluding hydrogens is 294 g/mol. The normalized spacial score (nSPS) is 21.0. The van der Waals surface area contributed by atoms with Gasteiger partial charge in [0.2, 0.25) is 11.8 Å². The lowest BCUT2D eigenvalue weighted by Crippen LogP contribution is -2.52. The second-order valence-electron chi connectivity index (χ2n) is 4.97. The Hall–Kier alpha value is -2.39. The molecule has 21 heavy (non-hydrogen) atoms. The Kier molecular flexibility index (Phi) is 3.15. The zero-order valence-electron chi connectivity index (χ0n) is 10.9. The topological polar surface area (TPSA) is 90.3 Å². The molecule has 6 nitrogen and oxygen atoms in total. The summed E-state index contributed by atoms with van der Waals surface area (Å²) in [5.41, 5.74) is 1.20. The maximum Gasteiger partial charge on any atom is 0.256 e. The zero-order chi connectivity index (χ0) is 15.1. The monoisotopic (exact) mass is 303 g/mol. The average molecular weight is 304 g/mol. The number of nitriles is 1. The first-order valence-electron chi connectivity index (χ1n) is 6.39.